The second kappa shape index (κ2) is 7.66. The minimum atomic E-state index is 0.879. The van der Waals surface area contributed by atoms with Gasteiger partial charge in [0.1, 0.15) is 11.9 Å². The van der Waals surface area contributed by atoms with Crippen molar-refractivity contribution in [3.63, 3.8) is 0 Å². The smallest absolute Gasteiger partial charge is 0.366 e. The van der Waals surface area contributed by atoms with Crippen LogP contribution >= 0.6 is 11.3 Å². The number of hydrogen-bond acceptors (Lipinski definition) is 4. The fourth-order valence-electron chi connectivity index (χ4n) is 2.14. The Morgan fingerprint density at radius 1 is 1.13 bits per heavy atom. The highest BCUT2D eigenvalue weighted by molar-refractivity contribution is 7.12. The SMILES string of the molecule is CCN(CC[N+](C)(C)C)c1ccc(/N=N/c2scc[n+]2C)cc1. The van der Waals surface area contributed by atoms with Gasteiger partial charge in [-0.15, -0.1) is 0 Å². The Bertz CT molecular complexity index is 640. The summed E-state index contributed by atoms with van der Waals surface area (Å²) in [5.41, 5.74) is 2.12. The first kappa shape index (κ1) is 17.6. The van der Waals surface area contributed by atoms with Crippen LogP contribution in [0, 0.1) is 0 Å². The van der Waals surface area contributed by atoms with Crippen LogP contribution in [0.2, 0.25) is 0 Å². The molecule has 0 spiro atoms. The number of aryl methyl sites for hydroxylation is 1. The second-order valence-corrected chi connectivity index (χ2v) is 7.48. The van der Waals surface area contributed by atoms with Crippen molar-refractivity contribution in [2.24, 2.45) is 17.3 Å². The zero-order valence-electron chi connectivity index (χ0n) is 14.7. The van der Waals surface area contributed by atoms with Crippen LogP contribution in [-0.2, 0) is 7.05 Å². The summed E-state index contributed by atoms with van der Waals surface area (Å²) < 4.78 is 2.94. The van der Waals surface area contributed by atoms with E-state index in [1.807, 2.05) is 35.3 Å². The van der Waals surface area contributed by atoms with Gasteiger partial charge in [0.15, 0.2) is 0 Å². The molecule has 6 heteroatoms. The maximum absolute atomic E-state index is 4.31. The number of likely N-dealkylation sites (N-methyl/N-ethyl adjacent to an activating group) is 2. The van der Waals surface area contributed by atoms with E-state index in [0.29, 0.717) is 0 Å². The molecule has 0 fully saturated rings. The summed E-state index contributed by atoms with van der Waals surface area (Å²) in [4.78, 5) is 2.39. The highest BCUT2D eigenvalue weighted by Crippen LogP contribution is 2.22. The van der Waals surface area contributed by atoms with E-state index >= 15 is 0 Å². The highest BCUT2D eigenvalue weighted by Gasteiger charge is 2.12. The Balaban J connectivity index is 2.03. The van der Waals surface area contributed by atoms with Crippen LogP contribution in [0.4, 0.5) is 16.5 Å². The average Bonchev–Trinajstić information content (AvgIpc) is 2.91. The molecule has 0 radical (unpaired) electrons. The van der Waals surface area contributed by atoms with E-state index in [1.54, 1.807) is 11.3 Å². The predicted molar refractivity (Wildman–Crippen MR) is 96.9 cm³/mol. The molecule has 0 N–H and O–H groups in total. The molecule has 1 heterocycles. The molecule has 0 aliphatic rings. The third-order valence-electron chi connectivity index (χ3n) is 3.65. The van der Waals surface area contributed by atoms with E-state index in [0.717, 1.165) is 34.9 Å². The standard InChI is InChI=1S/C17H27N5S/c1-6-21(11-13-22(3,4)5)16-9-7-15(8-10-16)18-19-17-20(2)12-14-23-17/h7-10,12,14H,6,11,13H2,1-5H3/q+2. The molecule has 0 bridgehead atoms. The van der Waals surface area contributed by atoms with Crippen LogP contribution in [0.15, 0.2) is 46.1 Å². The number of azo groups is 1. The molecule has 0 saturated carbocycles. The van der Waals surface area contributed by atoms with Crippen molar-refractivity contribution in [1.82, 2.24) is 0 Å². The summed E-state index contributed by atoms with van der Waals surface area (Å²) in [5.74, 6) is 0. The van der Waals surface area contributed by atoms with Crippen molar-refractivity contribution in [3.05, 3.63) is 35.8 Å². The average molecular weight is 334 g/mol. The number of benzene rings is 1. The molecule has 0 saturated heterocycles. The number of aromatic nitrogens is 1. The Labute approximate surface area is 143 Å². The molecule has 0 aliphatic carbocycles. The Kier molecular flexibility index (Phi) is 5.85. The Morgan fingerprint density at radius 3 is 2.35 bits per heavy atom. The minimum absolute atomic E-state index is 0.879. The van der Waals surface area contributed by atoms with Gasteiger partial charge in [-0.1, -0.05) is 0 Å². The third-order valence-corrected chi connectivity index (χ3v) is 4.49. The number of hydrogen-bond donors (Lipinski definition) is 0. The number of thiazole rings is 1. The molecule has 5 nitrogen and oxygen atoms in total. The quantitative estimate of drug-likeness (QED) is 0.433. The van der Waals surface area contributed by atoms with Gasteiger partial charge >= 0.3 is 5.13 Å². The van der Waals surface area contributed by atoms with Gasteiger partial charge in [-0.3, -0.25) is 0 Å². The predicted octanol–water partition coefficient (Wildman–Crippen LogP) is 3.52. The molecular formula is C17H27N5S+2. The zero-order valence-corrected chi connectivity index (χ0v) is 15.5. The molecule has 0 amide bonds. The highest BCUT2D eigenvalue weighted by atomic mass is 32.1. The molecule has 0 unspecified atom stereocenters. The molecule has 1 aromatic carbocycles. The molecule has 0 atom stereocenters. The van der Waals surface area contributed by atoms with Gasteiger partial charge in [0.05, 0.1) is 46.4 Å². The van der Waals surface area contributed by atoms with Crippen molar-refractivity contribution < 1.29 is 9.05 Å². The zero-order chi connectivity index (χ0) is 16.9. The van der Waals surface area contributed by atoms with Gasteiger partial charge in [-0.25, -0.2) is 4.57 Å². The van der Waals surface area contributed by atoms with Crippen molar-refractivity contribution in [1.29, 1.82) is 0 Å². The molecule has 124 valence electrons. The van der Waals surface area contributed by atoms with Gasteiger partial charge in [0.2, 0.25) is 0 Å². The molecule has 2 rings (SSSR count). The van der Waals surface area contributed by atoms with Crippen molar-refractivity contribution in [3.8, 4) is 0 Å². The third kappa shape index (κ3) is 5.41. The first-order chi connectivity index (χ1) is 10.9. The second-order valence-electron chi connectivity index (χ2n) is 6.61. The first-order valence-corrected chi connectivity index (χ1v) is 8.77. The summed E-state index contributed by atoms with van der Waals surface area (Å²) in [6.45, 7) is 5.36. The summed E-state index contributed by atoms with van der Waals surface area (Å²) in [7, 11) is 8.65. The number of quaternary nitrogens is 1. The normalized spacial score (nSPS) is 12.0. The molecule has 2 aromatic rings. The van der Waals surface area contributed by atoms with Crippen molar-refractivity contribution in [2.75, 3.05) is 45.7 Å². The van der Waals surface area contributed by atoms with Crippen LogP contribution in [0.3, 0.4) is 0 Å². The molecule has 0 aliphatic heterocycles. The Morgan fingerprint density at radius 2 is 1.83 bits per heavy atom. The molecule has 23 heavy (non-hydrogen) atoms. The summed E-state index contributed by atoms with van der Waals surface area (Å²) in [6, 6.07) is 8.31. The summed E-state index contributed by atoms with van der Waals surface area (Å²) in [6.07, 6.45) is 1.98. The van der Waals surface area contributed by atoms with Gasteiger partial charge in [0, 0.05) is 17.6 Å². The van der Waals surface area contributed by atoms with E-state index in [9.17, 15) is 0 Å². The Hall–Kier alpha value is -1.79. The summed E-state index contributed by atoms with van der Waals surface area (Å²) >= 11 is 1.58. The van der Waals surface area contributed by atoms with E-state index in [4.69, 9.17) is 0 Å². The minimum Gasteiger partial charge on any atom is -0.366 e. The lowest BCUT2D eigenvalue weighted by Gasteiger charge is -2.29. The van der Waals surface area contributed by atoms with Gasteiger partial charge in [-0.2, -0.15) is 0 Å². The van der Waals surface area contributed by atoms with Gasteiger partial charge < -0.3 is 9.38 Å². The van der Waals surface area contributed by atoms with Crippen LogP contribution in [0.1, 0.15) is 6.92 Å². The van der Waals surface area contributed by atoms with Crippen molar-refractivity contribution >= 4 is 27.8 Å². The fourth-order valence-corrected chi connectivity index (χ4v) is 2.82. The van der Waals surface area contributed by atoms with Crippen LogP contribution in [0.25, 0.3) is 0 Å². The van der Waals surface area contributed by atoms with Crippen LogP contribution < -0.4 is 9.47 Å². The fraction of sp³-hybridized carbons (Fsp3) is 0.471. The van der Waals surface area contributed by atoms with E-state index < -0.39 is 0 Å². The largest absolute Gasteiger partial charge is 0.408 e. The number of anilines is 1. The monoisotopic (exact) mass is 333 g/mol. The maximum Gasteiger partial charge on any atom is 0.408 e. The lowest BCUT2D eigenvalue weighted by molar-refractivity contribution is -0.868. The molecule has 1 aromatic heterocycles. The van der Waals surface area contributed by atoms with E-state index in [-0.39, 0.29) is 0 Å². The lowest BCUT2D eigenvalue weighted by Crippen LogP contribution is -2.42. The molecular weight excluding hydrogens is 306 g/mol. The van der Waals surface area contributed by atoms with Gasteiger partial charge in [-0.05, 0) is 47.6 Å². The van der Waals surface area contributed by atoms with Crippen LogP contribution in [-0.4, -0.2) is 45.3 Å². The first-order valence-electron chi connectivity index (χ1n) is 7.89. The number of nitrogens with zero attached hydrogens (tertiary/aromatic N) is 5. The van der Waals surface area contributed by atoms with Crippen LogP contribution in [0.5, 0.6) is 0 Å². The number of rotatable bonds is 7. The lowest BCUT2D eigenvalue weighted by atomic mass is 10.2. The van der Waals surface area contributed by atoms with Crippen molar-refractivity contribution in [2.45, 2.75) is 6.92 Å². The van der Waals surface area contributed by atoms with E-state index in [2.05, 4.69) is 55.3 Å². The van der Waals surface area contributed by atoms with Gasteiger partial charge in [0.25, 0.3) is 0 Å². The maximum atomic E-state index is 4.31. The summed E-state index contributed by atoms with van der Waals surface area (Å²) in [5, 5.41) is 11.5. The van der Waals surface area contributed by atoms with E-state index in [1.165, 1.54) is 5.69 Å². The topological polar surface area (TPSA) is 31.8 Å².